The van der Waals surface area contributed by atoms with Crippen LogP contribution >= 0.6 is 0 Å². The first-order chi connectivity index (χ1) is 6.79. The molecule has 2 heteroatoms. The highest BCUT2D eigenvalue weighted by Gasteiger charge is 2.09. The van der Waals surface area contributed by atoms with Gasteiger partial charge in [-0.15, -0.1) is 0 Å². The van der Waals surface area contributed by atoms with Crippen molar-refractivity contribution in [2.75, 3.05) is 26.3 Å². The first-order valence-electron chi connectivity index (χ1n) is 5.74. The number of nitrogens with one attached hydrogen (secondary N) is 1. The van der Waals surface area contributed by atoms with E-state index in [1.54, 1.807) is 0 Å². The zero-order valence-corrected chi connectivity index (χ0v) is 9.46. The summed E-state index contributed by atoms with van der Waals surface area (Å²) in [6.07, 6.45) is 7.04. The van der Waals surface area contributed by atoms with Crippen molar-refractivity contribution in [2.45, 2.75) is 26.7 Å². The van der Waals surface area contributed by atoms with Crippen LogP contribution in [-0.4, -0.2) is 26.3 Å². The highest BCUT2D eigenvalue weighted by atomic mass is 16.5. The van der Waals surface area contributed by atoms with E-state index in [2.05, 4.69) is 31.3 Å². The summed E-state index contributed by atoms with van der Waals surface area (Å²) >= 11 is 0. The van der Waals surface area contributed by atoms with Gasteiger partial charge < -0.3 is 10.1 Å². The Morgan fingerprint density at radius 3 is 3.00 bits per heavy atom. The Bertz CT molecular complexity index is 160. The van der Waals surface area contributed by atoms with Crippen LogP contribution in [0.1, 0.15) is 26.7 Å². The molecule has 1 heterocycles. The third-order valence-corrected chi connectivity index (χ3v) is 2.42. The molecule has 1 aliphatic heterocycles. The Morgan fingerprint density at radius 1 is 1.50 bits per heavy atom. The Labute approximate surface area is 87.7 Å². The van der Waals surface area contributed by atoms with E-state index in [0.29, 0.717) is 5.92 Å². The monoisotopic (exact) mass is 197 g/mol. The van der Waals surface area contributed by atoms with Crippen molar-refractivity contribution >= 4 is 0 Å². The Kier molecular flexibility index (Phi) is 5.88. The lowest BCUT2D eigenvalue weighted by molar-refractivity contribution is 0.0709. The molecule has 1 unspecified atom stereocenters. The lowest BCUT2D eigenvalue weighted by atomic mass is 10.0. The zero-order valence-electron chi connectivity index (χ0n) is 9.46. The number of ether oxygens (including phenoxy) is 1. The van der Waals surface area contributed by atoms with E-state index in [0.717, 1.165) is 32.2 Å². The molecule has 1 rings (SSSR count). The summed E-state index contributed by atoms with van der Waals surface area (Å²) in [5.74, 6) is 1.39. The molecule has 0 radical (unpaired) electrons. The van der Waals surface area contributed by atoms with E-state index in [9.17, 15) is 0 Å². The number of hydrogen-bond acceptors (Lipinski definition) is 2. The van der Waals surface area contributed by atoms with Crippen molar-refractivity contribution < 1.29 is 4.74 Å². The molecule has 1 N–H and O–H groups in total. The highest BCUT2D eigenvalue weighted by Crippen LogP contribution is 2.14. The molecule has 0 aliphatic carbocycles. The van der Waals surface area contributed by atoms with Crippen LogP contribution in [0.3, 0.4) is 0 Å². The molecule has 82 valence electrons. The maximum atomic E-state index is 5.41. The fraction of sp³-hybridized carbons (Fsp3) is 0.833. The third-order valence-electron chi connectivity index (χ3n) is 2.42. The summed E-state index contributed by atoms with van der Waals surface area (Å²) in [4.78, 5) is 0. The Morgan fingerprint density at radius 2 is 2.36 bits per heavy atom. The van der Waals surface area contributed by atoms with Crippen LogP contribution in [0, 0.1) is 11.8 Å². The summed E-state index contributed by atoms with van der Waals surface area (Å²) in [6, 6.07) is 0. The van der Waals surface area contributed by atoms with Crippen LogP contribution in [0.15, 0.2) is 12.2 Å². The van der Waals surface area contributed by atoms with Crippen LogP contribution in [0.2, 0.25) is 0 Å². The van der Waals surface area contributed by atoms with E-state index in [-0.39, 0.29) is 0 Å². The molecule has 1 saturated heterocycles. The Balaban J connectivity index is 2.01. The van der Waals surface area contributed by atoms with E-state index < -0.39 is 0 Å². The first kappa shape index (κ1) is 11.7. The van der Waals surface area contributed by atoms with Gasteiger partial charge in [0, 0.05) is 19.1 Å². The molecule has 1 aliphatic rings. The third kappa shape index (κ3) is 5.40. The van der Waals surface area contributed by atoms with Crippen LogP contribution in [0.4, 0.5) is 0 Å². The van der Waals surface area contributed by atoms with Gasteiger partial charge in [-0.05, 0) is 25.3 Å². The van der Waals surface area contributed by atoms with Crippen molar-refractivity contribution in [2.24, 2.45) is 11.8 Å². The minimum Gasteiger partial charge on any atom is -0.381 e. The van der Waals surface area contributed by atoms with E-state index in [1.165, 1.54) is 12.8 Å². The lowest BCUT2D eigenvalue weighted by Crippen LogP contribution is -2.20. The van der Waals surface area contributed by atoms with Crippen LogP contribution < -0.4 is 5.32 Å². The van der Waals surface area contributed by atoms with Gasteiger partial charge in [-0.3, -0.25) is 0 Å². The summed E-state index contributed by atoms with van der Waals surface area (Å²) in [5, 5.41) is 3.40. The molecule has 0 bridgehead atoms. The van der Waals surface area contributed by atoms with E-state index in [1.807, 2.05) is 0 Å². The first-order valence-corrected chi connectivity index (χ1v) is 5.74. The molecular weight excluding hydrogens is 174 g/mol. The predicted molar refractivity (Wildman–Crippen MR) is 60.4 cm³/mol. The second-order valence-electron chi connectivity index (χ2n) is 4.46. The molecular formula is C12H23NO. The fourth-order valence-electron chi connectivity index (χ4n) is 1.63. The largest absolute Gasteiger partial charge is 0.381 e. The maximum Gasteiger partial charge on any atom is 0.0528 e. The molecule has 0 aromatic carbocycles. The van der Waals surface area contributed by atoms with Gasteiger partial charge in [0.05, 0.1) is 6.61 Å². The molecule has 0 amide bonds. The van der Waals surface area contributed by atoms with E-state index in [4.69, 9.17) is 4.74 Å². The van der Waals surface area contributed by atoms with Gasteiger partial charge in [0.1, 0.15) is 0 Å². The van der Waals surface area contributed by atoms with Gasteiger partial charge in [-0.2, -0.15) is 0 Å². The highest BCUT2D eigenvalue weighted by molar-refractivity contribution is 4.90. The Hall–Kier alpha value is -0.340. The second-order valence-corrected chi connectivity index (χ2v) is 4.46. The van der Waals surface area contributed by atoms with Gasteiger partial charge in [-0.25, -0.2) is 0 Å². The summed E-state index contributed by atoms with van der Waals surface area (Å²) in [7, 11) is 0. The standard InChI is InChI=1S/C12H23NO/c1-11(2)9-13-7-3-5-12-6-4-8-14-10-12/h3,5,11-13H,4,6-10H2,1-2H3. The molecule has 14 heavy (non-hydrogen) atoms. The quantitative estimate of drug-likeness (QED) is 0.539. The molecule has 0 aromatic heterocycles. The molecule has 1 fully saturated rings. The van der Waals surface area contributed by atoms with E-state index >= 15 is 0 Å². The molecule has 1 atom stereocenters. The van der Waals surface area contributed by atoms with Gasteiger partial charge in [0.25, 0.3) is 0 Å². The van der Waals surface area contributed by atoms with Crippen LogP contribution in [-0.2, 0) is 4.74 Å². The minimum atomic E-state index is 0.657. The van der Waals surface area contributed by atoms with Gasteiger partial charge >= 0.3 is 0 Å². The number of hydrogen-bond donors (Lipinski definition) is 1. The molecule has 0 aromatic rings. The summed E-state index contributed by atoms with van der Waals surface area (Å²) < 4.78 is 5.41. The van der Waals surface area contributed by atoms with Crippen molar-refractivity contribution in [1.29, 1.82) is 0 Å². The summed E-state index contributed by atoms with van der Waals surface area (Å²) in [5.41, 5.74) is 0. The lowest BCUT2D eigenvalue weighted by Gasteiger charge is -2.18. The SMILES string of the molecule is CC(C)CNCC=CC1CCCOC1. The van der Waals surface area contributed by atoms with Crippen LogP contribution in [0.5, 0.6) is 0 Å². The zero-order chi connectivity index (χ0) is 10.2. The van der Waals surface area contributed by atoms with Crippen molar-refractivity contribution in [3.05, 3.63) is 12.2 Å². The van der Waals surface area contributed by atoms with Gasteiger partial charge in [-0.1, -0.05) is 26.0 Å². The fourth-order valence-corrected chi connectivity index (χ4v) is 1.63. The summed E-state index contributed by atoms with van der Waals surface area (Å²) in [6.45, 7) is 8.42. The molecule has 0 spiro atoms. The molecule has 0 saturated carbocycles. The van der Waals surface area contributed by atoms with Gasteiger partial charge in [0.2, 0.25) is 0 Å². The average molecular weight is 197 g/mol. The topological polar surface area (TPSA) is 21.3 Å². The second kappa shape index (κ2) is 7.02. The predicted octanol–water partition coefficient (Wildman–Crippen LogP) is 2.21. The smallest absolute Gasteiger partial charge is 0.0528 e. The number of rotatable bonds is 5. The van der Waals surface area contributed by atoms with Gasteiger partial charge in [0.15, 0.2) is 0 Å². The van der Waals surface area contributed by atoms with Crippen molar-refractivity contribution in [3.63, 3.8) is 0 Å². The minimum absolute atomic E-state index is 0.657. The average Bonchev–Trinajstić information content (AvgIpc) is 2.18. The van der Waals surface area contributed by atoms with Crippen molar-refractivity contribution in [1.82, 2.24) is 5.32 Å². The van der Waals surface area contributed by atoms with Crippen LogP contribution in [0.25, 0.3) is 0 Å². The molecule has 2 nitrogen and oxygen atoms in total. The van der Waals surface area contributed by atoms with Crippen molar-refractivity contribution in [3.8, 4) is 0 Å². The maximum absolute atomic E-state index is 5.41. The normalized spacial score (nSPS) is 23.5.